The topological polar surface area (TPSA) is 45.4 Å². The van der Waals surface area contributed by atoms with Gasteiger partial charge in [0, 0.05) is 0 Å². The van der Waals surface area contributed by atoms with Gasteiger partial charge in [0.2, 0.25) is 0 Å². The van der Waals surface area contributed by atoms with Crippen LogP contribution < -0.4 is 0 Å². The quantitative estimate of drug-likeness (QED) is 0.608. The molecule has 0 amide bonds. The van der Waals surface area contributed by atoms with Gasteiger partial charge in [-0.25, -0.2) is 0 Å². The van der Waals surface area contributed by atoms with Crippen molar-refractivity contribution in [1.82, 2.24) is 0 Å². The monoisotopic (exact) mass is 262 g/mol. The summed E-state index contributed by atoms with van der Waals surface area (Å²) in [5, 5.41) is 12.5. The molecule has 0 spiro atoms. The molecule has 2 aromatic carbocycles. The average molecular weight is 262 g/mol. The standard InChI is InChI=1S/C17H14N2O/c18-13-16-10-8-15(9-11-16)7-4-12-19-20-14-17-5-2-1-3-6-17/h1-12H,14H2/b7-4+,19-12?. The Hall–Kier alpha value is -2.86. The van der Waals surface area contributed by atoms with E-state index in [4.69, 9.17) is 10.1 Å². The Morgan fingerprint density at radius 2 is 1.80 bits per heavy atom. The molecule has 0 atom stereocenters. The predicted octanol–water partition coefficient (Wildman–Crippen LogP) is 3.77. The molecule has 3 nitrogen and oxygen atoms in total. The van der Waals surface area contributed by atoms with Crippen LogP contribution in [0.1, 0.15) is 16.7 Å². The molecule has 98 valence electrons. The minimum absolute atomic E-state index is 0.460. The summed E-state index contributed by atoms with van der Waals surface area (Å²) in [6.45, 7) is 0.460. The van der Waals surface area contributed by atoms with Crippen LogP contribution in [0, 0.1) is 11.3 Å². The number of hydrogen-bond donors (Lipinski definition) is 0. The highest BCUT2D eigenvalue weighted by atomic mass is 16.6. The number of nitriles is 1. The molecule has 20 heavy (non-hydrogen) atoms. The first-order valence-corrected chi connectivity index (χ1v) is 6.24. The van der Waals surface area contributed by atoms with E-state index in [2.05, 4.69) is 11.2 Å². The smallest absolute Gasteiger partial charge is 0.142 e. The van der Waals surface area contributed by atoms with E-state index in [0.29, 0.717) is 12.2 Å². The van der Waals surface area contributed by atoms with Crippen molar-refractivity contribution in [3.8, 4) is 6.07 Å². The molecular formula is C17H14N2O. The fourth-order valence-electron chi connectivity index (χ4n) is 1.59. The first-order chi connectivity index (χ1) is 9.88. The van der Waals surface area contributed by atoms with E-state index in [1.165, 1.54) is 0 Å². The molecule has 0 heterocycles. The molecule has 0 bridgehead atoms. The molecule has 0 aliphatic rings. The second-order valence-electron chi connectivity index (χ2n) is 4.11. The normalized spacial score (nSPS) is 10.8. The molecule has 0 aliphatic heterocycles. The zero-order valence-electron chi connectivity index (χ0n) is 10.9. The number of rotatable bonds is 5. The number of nitrogens with zero attached hydrogens (tertiary/aromatic N) is 2. The highest BCUT2D eigenvalue weighted by Crippen LogP contribution is 2.04. The summed E-state index contributed by atoms with van der Waals surface area (Å²) in [7, 11) is 0. The lowest BCUT2D eigenvalue weighted by atomic mass is 10.1. The number of benzene rings is 2. The van der Waals surface area contributed by atoms with Gasteiger partial charge >= 0.3 is 0 Å². The van der Waals surface area contributed by atoms with Crippen LogP contribution in [-0.2, 0) is 11.4 Å². The maximum Gasteiger partial charge on any atom is 0.142 e. The SMILES string of the molecule is N#Cc1ccc(/C=C/C=NOCc2ccccc2)cc1. The zero-order chi connectivity index (χ0) is 14.0. The van der Waals surface area contributed by atoms with Crippen LogP contribution in [0.3, 0.4) is 0 Å². The first kappa shape index (κ1) is 13.6. The van der Waals surface area contributed by atoms with Crippen LogP contribution in [0.5, 0.6) is 0 Å². The zero-order valence-corrected chi connectivity index (χ0v) is 10.9. The van der Waals surface area contributed by atoms with Gasteiger partial charge in [0.1, 0.15) is 6.61 Å². The summed E-state index contributed by atoms with van der Waals surface area (Å²) in [6.07, 6.45) is 5.30. The van der Waals surface area contributed by atoms with Crippen molar-refractivity contribution in [2.24, 2.45) is 5.16 Å². The molecule has 0 aliphatic carbocycles. The average Bonchev–Trinajstić information content (AvgIpc) is 2.52. The third kappa shape index (κ3) is 4.43. The van der Waals surface area contributed by atoms with Crippen molar-refractivity contribution in [2.45, 2.75) is 6.61 Å². The number of oxime groups is 1. The van der Waals surface area contributed by atoms with Gasteiger partial charge < -0.3 is 4.84 Å². The van der Waals surface area contributed by atoms with Crippen molar-refractivity contribution in [3.05, 3.63) is 77.4 Å². The van der Waals surface area contributed by atoms with Crippen LogP contribution in [0.15, 0.2) is 65.8 Å². The maximum absolute atomic E-state index is 8.69. The molecule has 0 fully saturated rings. The summed E-state index contributed by atoms with van der Waals surface area (Å²) < 4.78 is 0. The Bertz CT molecular complexity index is 622. The van der Waals surface area contributed by atoms with E-state index < -0.39 is 0 Å². The van der Waals surface area contributed by atoms with E-state index >= 15 is 0 Å². The van der Waals surface area contributed by atoms with Crippen molar-refractivity contribution in [2.75, 3.05) is 0 Å². The summed E-state index contributed by atoms with van der Waals surface area (Å²) in [4.78, 5) is 5.17. The van der Waals surface area contributed by atoms with Crippen LogP contribution in [0.25, 0.3) is 6.08 Å². The van der Waals surface area contributed by atoms with Gasteiger partial charge in [0.05, 0.1) is 17.8 Å². The van der Waals surface area contributed by atoms with Crippen molar-refractivity contribution in [3.63, 3.8) is 0 Å². The molecule has 0 saturated heterocycles. The van der Waals surface area contributed by atoms with Gasteiger partial charge in [0.25, 0.3) is 0 Å². The summed E-state index contributed by atoms with van der Waals surface area (Å²) in [5.74, 6) is 0. The molecule has 0 saturated carbocycles. The molecule has 0 N–H and O–H groups in total. The molecular weight excluding hydrogens is 248 g/mol. The molecule has 3 heteroatoms. The Morgan fingerprint density at radius 3 is 2.50 bits per heavy atom. The van der Waals surface area contributed by atoms with Crippen molar-refractivity contribution < 1.29 is 4.84 Å². The van der Waals surface area contributed by atoms with E-state index in [9.17, 15) is 0 Å². The Kier molecular flexibility index (Phi) is 5.12. The molecule has 2 aromatic rings. The summed E-state index contributed by atoms with van der Waals surface area (Å²) in [6, 6.07) is 19.3. The van der Waals surface area contributed by atoms with E-state index in [1.807, 2.05) is 48.5 Å². The highest BCUT2D eigenvalue weighted by molar-refractivity contribution is 5.77. The highest BCUT2D eigenvalue weighted by Gasteiger charge is 1.89. The van der Waals surface area contributed by atoms with E-state index in [0.717, 1.165) is 11.1 Å². The van der Waals surface area contributed by atoms with E-state index in [-0.39, 0.29) is 0 Å². The third-order valence-electron chi connectivity index (χ3n) is 2.62. The van der Waals surface area contributed by atoms with Crippen LogP contribution in [0.4, 0.5) is 0 Å². The van der Waals surface area contributed by atoms with Gasteiger partial charge in [0.15, 0.2) is 0 Å². The van der Waals surface area contributed by atoms with Gasteiger partial charge in [-0.3, -0.25) is 0 Å². The van der Waals surface area contributed by atoms with Crippen molar-refractivity contribution in [1.29, 1.82) is 5.26 Å². The number of allylic oxidation sites excluding steroid dienone is 1. The van der Waals surface area contributed by atoms with Crippen LogP contribution >= 0.6 is 0 Å². The second-order valence-corrected chi connectivity index (χ2v) is 4.11. The van der Waals surface area contributed by atoms with Gasteiger partial charge in [-0.1, -0.05) is 53.7 Å². The van der Waals surface area contributed by atoms with Crippen LogP contribution in [0.2, 0.25) is 0 Å². The van der Waals surface area contributed by atoms with E-state index in [1.54, 1.807) is 24.4 Å². The number of hydrogen-bond acceptors (Lipinski definition) is 3. The maximum atomic E-state index is 8.69. The largest absolute Gasteiger partial charge is 0.391 e. The summed E-state index contributed by atoms with van der Waals surface area (Å²) >= 11 is 0. The fraction of sp³-hybridized carbons (Fsp3) is 0.0588. The lowest BCUT2D eigenvalue weighted by Crippen LogP contribution is -1.85. The van der Waals surface area contributed by atoms with Gasteiger partial charge in [-0.2, -0.15) is 5.26 Å². The van der Waals surface area contributed by atoms with Crippen LogP contribution in [-0.4, -0.2) is 6.21 Å². The minimum atomic E-state index is 0.460. The Morgan fingerprint density at radius 1 is 1.05 bits per heavy atom. The molecule has 0 unspecified atom stereocenters. The lowest BCUT2D eigenvalue weighted by molar-refractivity contribution is 0.132. The second kappa shape index (κ2) is 7.55. The molecule has 0 aromatic heterocycles. The fourth-order valence-corrected chi connectivity index (χ4v) is 1.59. The van der Waals surface area contributed by atoms with Gasteiger partial charge in [-0.15, -0.1) is 0 Å². The molecule has 0 radical (unpaired) electrons. The predicted molar refractivity (Wildman–Crippen MR) is 79.9 cm³/mol. The summed E-state index contributed by atoms with van der Waals surface area (Å²) in [5.41, 5.74) is 2.75. The minimum Gasteiger partial charge on any atom is -0.391 e. The van der Waals surface area contributed by atoms with Crippen molar-refractivity contribution >= 4 is 12.3 Å². The van der Waals surface area contributed by atoms with Gasteiger partial charge in [-0.05, 0) is 29.3 Å². The first-order valence-electron chi connectivity index (χ1n) is 6.24. The molecule has 2 rings (SSSR count). The third-order valence-corrected chi connectivity index (χ3v) is 2.62. The Balaban J connectivity index is 1.78. The lowest BCUT2D eigenvalue weighted by Gasteiger charge is -1.97. The Labute approximate surface area is 118 Å².